The Balaban J connectivity index is 1.77. The lowest BCUT2D eigenvalue weighted by Crippen LogP contribution is -2.06. The average Bonchev–Trinajstić information content (AvgIpc) is 3.09. The van der Waals surface area contributed by atoms with E-state index < -0.39 is 4.92 Å². The van der Waals surface area contributed by atoms with E-state index in [-0.39, 0.29) is 29.9 Å². The summed E-state index contributed by atoms with van der Waals surface area (Å²) in [5.74, 6) is 0.222. The number of nitro groups is 1. The van der Waals surface area contributed by atoms with Crippen LogP contribution in [-0.2, 0) is 6.73 Å². The van der Waals surface area contributed by atoms with Gasteiger partial charge in [0, 0.05) is 5.56 Å². The second-order valence-electron chi connectivity index (χ2n) is 5.07. The molecule has 0 atom stereocenters. The summed E-state index contributed by atoms with van der Waals surface area (Å²) in [4.78, 5) is 17.8. The van der Waals surface area contributed by atoms with E-state index >= 15 is 0 Å². The number of hydrogen-bond acceptors (Lipinski definition) is 9. The molecule has 130 valence electrons. The Morgan fingerprint density at radius 2 is 1.96 bits per heavy atom. The SMILES string of the molecule is N#Cc1c(N)nc(N)nc1-c1ccc(OCn2ccc([N+](=O)[O-])n2)cc1. The molecule has 0 amide bonds. The quantitative estimate of drug-likeness (QED) is 0.507. The van der Waals surface area contributed by atoms with E-state index in [1.807, 2.05) is 6.07 Å². The van der Waals surface area contributed by atoms with Crippen LogP contribution in [0.15, 0.2) is 36.5 Å². The van der Waals surface area contributed by atoms with Gasteiger partial charge >= 0.3 is 5.82 Å². The molecule has 1 aromatic carbocycles. The van der Waals surface area contributed by atoms with Crippen molar-refractivity contribution in [3.8, 4) is 23.1 Å². The van der Waals surface area contributed by atoms with Crippen LogP contribution in [0.1, 0.15) is 5.56 Å². The summed E-state index contributed by atoms with van der Waals surface area (Å²) in [6.45, 7) is 0.00400. The molecule has 2 heterocycles. The largest absolute Gasteiger partial charge is 0.469 e. The van der Waals surface area contributed by atoms with Crippen LogP contribution < -0.4 is 16.2 Å². The minimum Gasteiger partial charge on any atom is -0.469 e. The van der Waals surface area contributed by atoms with Gasteiger partial charge in [-0.25, -0.2) is 4.98 Å². The van der Waals surface area contributed by atoms with Gasteiger partial charge in [-0.1, -0.05) is 0 Å². The normalized spacial score (nSPS) is 10.3. The maximum absolute atomic E-state index is 10.6. The Morgan fingerprint density at radius 1 is 1.23 bits per heavy atom. The highest BCUT2D eigenvalue weighted by molar-refractivity contribution is 5.73. The van der Waals surface area contributed by atoms with E-state index in [0.29, 0.717) is 17.0 Å². The first-order chi connectivity index (χ1) is 12.5. The van der Waals surface area contributed by atoms with E-state index in [4.69, 9.17) is 16.2 Å². The number of anilines is 2. The molecule has 0 radical (unpaired) electrons. The monoisotopic (exact) mass is 352 g/mol. The Labute approximate surface area is 146 Å². The summed E-state index contributed by atoms with van der Waals surface area (Å²) >= 11 is 0. The zero-order valence-electron chi connectivity index (χ0n) is 13.2. The van der Waals surface area contributed by atoms with Gasteiger partial charge in [-0.3, -0.25) is 0 Å². The van der Waals surface area contributed by atoms with Gasteiger partial charge in [0.15, 0.2) is 0 Å². The molecule has 0 saturated carbocycles. The molecule has 3 aromatic rings. The zero-order chi connectivity index (χ0) is 18.7. The van der Waals surface area contributed by atoms with Crippen LogP contribution >= 0.6 is 0 Å². The summed E-state index contributed by atoms with van der Waals surface area (Å²) in [5, 5.41) is 23.6. The van der Waals surface area contributed by atoms with Gasteiger partial charge in [-0.15, -0.1) is 4.68 Å². The van der Waals surface area contributed by atoms with Gasteiger partial charge in [-0.05, 0) is 29.2 Å². The van der Waals surface area contributed by atoms with E-state index in [1.165, 1.54) is 16.9 Å². The fourth-order valence-corrected chi connectivity index (χ4v) is 2.19. The van der Waals surface area contributed by atoms with Crippen LogP contribution in [0, 0.1) is 21.4 Å². The lowest BCUT2D eigenvalue weighted by atomic mass is 10.1. The van der Waals surface area contributed by atoms with Crippen LogP contribution in [0.5, 0.6) is 5.75 Å². The first kappa shape index (κ1) is 16.7. The summed E-state index contributed by atoms with van der Waals surface area (Å²) in [5.41, 5.74) is 12.4. The molecule has 0 bridgehead atoms. The van der Waals surface area contributed by atoms with Crippen molar-refractivity contribution in [2.75, 3.05) is 11.5 Å². The number of rotatable bonds is 5. The molecule has 11 nitrogen and oxygen atoms in total. The highest BCUT2D eigenvalue weighted by Crippen LogP contribution is 2.27. The molecule has 11 heteroatoms. The summed E-state index contributed by atoms with van der Waals surface area (Å²) in [6, 6.07) is 9.91. The topological polar surface area (TPSA) is 172 Å². The predicted octanol–water partition coefficient (Wildman–Crippen LogP) is 1.32. The van der Waals surface area contributed by atoms with Crippen molar-refractivity contribution in [1.82, 2.24) is 19.7 Å². The summed E-state index contributed by atoms with van der Waals surface area (Å²) in [7, 11) is 0. The number of benzene rings is 1. The van der Waals surface area contributed by atoms with Crippen molar-refractivity contribution in [3.63, 3.8) is 0 Å². The molecule has 0 aliphatic heterocycles. The standard InChI is InChI=1S/C15H12N8O3/c16-7-11-13(19-15(18)20-14(11)17)9-1-3-10(4-2-9)26-8-22-6-5-12(21-22)23(24)25/h1-6H,8H2,(H4,17,18,19,20). The molecule has 0 unspecified atom stereocenters. The lowest BCUT2D eigenvalue weighted by Gasteiger charge is -2.08. The van der Waals surface area contributed by atoms with E-state index in [0.717, 1.165) is 0 Å². The number of nitrogens with two attached hydrogens (primary N) is 2. The average molecular weight is 352 g/mol. The van der Waals surface area contributed by atoms with Crippen LogP contribution in [0.25, 0.3) is 11.3 Å². The molecule has 2 aromatic heterocycles. The van der Waals surface area contributed by atoms with Crippen molar-refractivity contribution in [2.45, 2.75) is 6.73 Å². The lowest BCUT2D eigenvalue weighted by molar-refractivity contribution is -0.389. The zero-order valence-corrected chi connectivity index (χ0v) is 13.2. The van der Waals surface area contributed by atoms with Gasteiger partial charge < -0.3 is 26.3 Å². The molecule has 0 saturated heterocycles. The third-order valence-corrected chi connectivity index (χ3v) is 3.37. The summed E-state index contributed by atoms with van der Waals surface area (Å²) in [6.07, 6.45) is 1.44. The molecule has 0 aliphatic carbocycles. The molecular formula is C15H12N8O3. The fraction of sp³-hybridized carbons (Fsp3) is 0.0667. The smallest absolute Gasteiger partial charge is 0.390 e. The van der Waals surface area contributed by atoms with E-state index in [1.54, 1.807) is 24.3 Å². The molecule has 0 spiro atoms. The van der Waals surface area contributed by atoms with Crippen molar-refractivity contribution in [2.24, 2.45) is 0 Å². The van der Waals surface area contributed by atoms with Crippen molar-refractivity contribution >= 4 is 17.6 Å². The molecule has 3 rings (SSSR count). The van der Waals surface area contributed by atoms with Gasteiger partial charge in [-0.2, -0.15) is 10.2 Å². The number of nitrogens with zero attached hydrogens (tertiary/aromatic N) is 6. The maximum atomic E-state index is 10.6. The van der Waals surface area contributed by atoms with Gasteiger partial charge in [0.2, 0.25) is 12.7 Å². The first-order valence-electron chi connectivity index (χ1n) is 7.22. The van der Waals surface area contributed by atoms with Crippen LogP contribution in [0.4, 0.5) is 17.6 Å². The van der Waals surface area contributed by atoms with Gasteiger partial charge in [0.1, 0.15) is 23.2 Å². The first-order valence-corrected chi connectivity index (χ1v) is 7.22. The predicted molar refractivity (Wildman–Crippen MR) is 90.5 cm³/mol. The molecule has 4 N–H and O–H groups in total. The number of ether oxygens (including phenoxy) is 1. The van der Waals surface area contributed by atoms with Crippen LogP contribution in [0.3, 0.4) is 0 Å². The number of nitriles is 1. The Kier molecular flexibility index (Phi) is 4.31. The fourth-order valence-electron chi connectivity index (χ4n) is 2.19. The minimum absolute atomic E-state index is 0.00400. The maximum Gasteiger partial charge on any atom is 0.390 e. The van der Waals surface area contributed by atoms with E-state index in [2.05, 4.69) is 15.1 Å². The third-order valence-electron chi connectivity index (χ3n) is 3.37. The summed E-state index contributed by atoms with van der Waals surface area (Å²) < 4.78 is 6.81. The van der Waals surface area contributed by atoms with Crippen molar-refractivity contribution in [3.05, 3.63) is 52.2 Å². The molecular weight excluding hydrogens is 340 g/mol. The number of aromatic nitrogens is 4. The van der Waals surface area contributed by atoms with Crippen molar-refractivity contribution < 1.29 is 9.66 Å². The minimum atomic E-state index is -0.586. The van der Waals surface area contributed by atoms with E-state index in [9.17, 15) is 15.4 Å². The highest BCUT2D eigenvalue weighted by Gasteiger charge is 2.14. The second-order valence-corrected chi connectivity index (χ2v) is 5.07. The Hall–Kier alpha value is -4.20. The molecule has 0 fully saturated rings. The third kappa shape index (κ3) is 3.34. The Morgan fingerprint density at radius 3 is 2.58 bits per heavy atom. The second kappa shape index (κ2) is 6.73. The van der Waals surface area contributed by atoms with Crippen molar-refractivity contribution in [1.29, 1.82) is 5.26 Å². The number of nitrogen functional groups attached to an aromatic ring is 2. The molecule has 26 heavy (non-hydrogen) atoms. The number of hydrogen-bond donors (Lipinski definition) is 2. The van der Waals surface area contributed by atoms with Gasteiger partial charge in [0.05, 0.1) is 23.1 Å². The highest BCUT2D eigenvalue weighted by atomic mass is 16.6. The Bertz CT molecular complexity index is 1010. The van der Waals surface area contributed by atoms with Crippen LogP contribution in [0.2, 0.25) is 0 Å². The van der Waals surface area contributed by atoms with Gasteiger partial charge in [0.25, 0.3) is 0 Å². The molecule has 0 aliphatic rings. The van der Waals surface area contributed by atoms with Crippen LogP contribution in [-0.4, -0.2) is 24.7 Å².